The van der Waals surface area contributed by atoms with Crippen LogP contribution < -0.4 is 15.4 Å². The Labute approximate surface area is 186 Å². The highest BCUT2D eigenvalue weighted by atomic mass is 127. The van der Waals surface area contributed by atoms with Crippen LogP contribution in [0.2, 0.25) is 0 Å². The Bertz CT molecular complexity index is 764. The van der Waals surface area contributed by atoms with E-state index in [0.717, 1.165) is 17.7 Å². The Kier molecular flexibility index (Phi) is 9.48. The number of nitrogens with zero attached hydrogens (tertiary/aromatic N) is 2. The van der Waals surface area contributed by atoms with E-state index in [1.54, 1.807) is 7.05 Å². The van der Waals surface area contributed by atoms with Crippen LogP contribution in [0.5, 0.6) is 5.75 Å². The number of aliphatic imine (C=N–C) groups is 1. The van der Waals surface area contributed by atoms with Gasteiger partial charge in [-0.05, 0) is 19.9 Å². The Morgan fingerprint density at radius 2 is 1.93 bits per heavy atom. The van der Waals surface area contributed by atoms with E-state index in [1.807, 2.05) is 38.1 Å². The summed E-state index contributed by atoms with van der Waals surface area (Å²) < 4.78 is 32.2. The van der Waals surface area contributed by atoms with Crippen LogP contribution >= 0.6 is 24.0 Å². The quantitative estimate of drug-likeness (QED) is 0.326. The predicted octanol–water partition coefficient (Wildman–Crippen LogP) is 2.74. The lowest BCUT2D eigenvalue weighted by Gasteiger charge is -2.38. The molecule has 0 radical (unpaired) electrons. The molecule has 28 heavy (non-hydrogen) atoms. The van der Waals surface area contributed by atoms with Crippen LogP contribution in [-0.2, 0) is 10.0 Å². The van der Waals surface area contributed by atoms with Gasteiger partial charge in [-0.1, -0.05) is 32.0 Å². The number of rotatable bonds is 7. The fourth-order valence-electron chi connectivity index (χ4n) is 3.34. The van der Waals surface area contributed by atoms with E-state index in [1.165, 1.54) is 4.31 Å². The lowest BCUT2D eigenvalue weighted by Crippen LogP contribution is -2.46. The van der Waals surface area contributed by atoms with Gasteiger partial charge in [-0.25, -0.2) is 12.7 Å². The minimum Gasteiger partial charge on any atom is -0.487 e. The first-order valence-electron chi connectivity index (χ1n) is 9.45. The molecule has 2 rings (SSSR count). The second-order valence-electron chi connectivity index (χ2n) is 7.20. The molecule has 1 unspecified atom stereocenters. The van der Waals surface area contributed by atoms with Crippen molar-refractivity contribution in [1.29, 1.82) is 0 Å². The highest BCUT2D eigenvalue weighted by Gasteiger charge is 2.34. The van der Waals surface area contributed by atoms with Crippen LogP contribution in [0.25, 0.3) is 0 Å². The van der Waals surface area contributed by atoms with Crippen molar-refractivity contribution in [1.82, 2.24) is 14.9 Å². The second-order valence-corrected chi connectivity index (χ2v) is 9.29. The summed E-state index contributed by atoms with van der Waals surface area (Å²) in [5.41, 5.74) is 0.785. The summed E-state index contributed by atoms with van der Waals surface area (Å²) in [7, 11) is -1.57. The lowest BCUT2D eigenvalue weighted by molar-refractivity contribution is 0.0694. The SMILES string of the molecule is CCN(CC)S(=O)(=O)CCNC(=NC)NC1CC(C)(C)Oc2ccccc21.I. The Hall–Kier alpha value is -1.07. The number of sulfonamides is 1. The zero-order valence-corrected chi connectivity index (χ0v) is 20.5. The number of nitrogens with one attached hydrogen (secondary N) is 2. The Morgan fingerprint density at radius 1 is 1.29 bits per heavy atom. The number of hydrogen-bond acceptors (Lipinski definition) is 4. The molecule has 0 fully saturated rings. The molecular weight excluding hydrogens is 491 g/mol. The van der Waals surface area contributed by atoms with Gasteiger partial charge in [0.2, 0.25) is 10.0 Å². The minimum atomic E-state index is -3.26. The molecule has 1 aromatic rings. The van der Waals surface area contributed by atoms with Gasteiger partial charge in [-0.2, -0.15) is 0 Å². The zero-order chi connectivity index (χ0) is 20.1. The molecule has 0 saturated heterocycles. The zero-order valence-electron chi connectivity index (χ0n) is 17.4. The van der Waals surface area contributed by atoms with Gasteiger partial charge in [0, 0.05) is 38.7 Å². The van der Waals surface area contributed by atoms with E-state index in [4.69, 9.17) is 4.74 Å². The van der Waals surface area contributed by atoms with E-state index >= 15 is 0 Å². The van der Waals surface area contributed by atoms with Crippen LogP contribution in [-0.4, -0.2) is 56.7 Å². The minimum absolute atomic E-state index is 0. The summed E-state index contributed by atoms with van der Waals surface area (Å²) in [6.07, 6.45) is 0.780. The molecule has 2 N–H and O–H groups in total. The molecule has 0 bridgehead atoms. The van der Waals surface area contributed by atoms with E-state index < -0.39 is 10.0 Å². The molecule has 9 heteroatoms. The first kappa shape index (κ1) is 25.0. The maximum absolute atomic E-state index is 12.3. The average Bonchev–Trinajstić information content (AvgIpc) is 2.60. The maximum atomic E-state index is 12.3. The molecule has 1 heterocycles. The summed E-state index contributed by atoms with van der Waals surface area (Å²) in [5.74, 6) is 1.48. The van der Waals surface area contributed by atoms with Crippen molar-refractivity contribution in [2.24, 2.45) is 4.99 Å². The van der Waals surface area contributed by atoms with Gasteiger partial charge in [-0.3, -0.25) is 4.99 Å². The third-order valence-corrected chi connectivity index (χ3v) is 6.69. The number of guanidine groups is 1. The number of halogens is 1. The maximum Gasteiger partial charge on any atom is 0.215 e. The highest BCUT2D eigenvalue weighted by molar-refractivity contribution is 14.0. The van der Waals surface area contributed by atoms with E-state index in [2.05, 4.69) is 29.5 Å². The molecule has 0 saturated carbocycles. The van der Waals surface area contributed by atoms with Crippen molar-refractivity contribution in [3.05, 3.63) is 29.8 Å². The summed E-state index contributed by atoms with van der Waals surface area (Å²) in [6.45, 7) is 9.08. The van der Waals surface area contributed by atoms with Crippen molar-refractivity contribution in [2.45, 2.75) is 45.8 Å². The van der Waals surface area contributed by atoms with Gasteiger partial charge in [0.25, 0.3) is 0 Å². The van der Waals surface area contributed by atoms with Gasteiger partial charge < -0.3 is 15.4 Å². The molecule has 1 atom stereocenters. The predicted molar refractivity (Wildman–Crippen MR) is 125 cm³/mol. The molecular formula is C19H33IN4O3S. The molecule has 0 aliphatic carbocycles. The largest absolute Gasteiger partial charge is 0.487 e. The summed E-state index contributed by atoms with van der Waals surface area (Å²) >= 11 is 0. The molecule has 1 aliphatic heterocycles. The summed E-state index contributed by atoms with van der Waals surface area (Å²) in [6, 6.07) is 8.00. The molecule has 1 aliphatic rings. The van der Waals surface area contributed by atoms with Gasteiger partial charge in [0.1, 0.15) is 11.4 Å². The van der Waals surface area contributed by atoms with Crippen molar-refractivity contribution in [3.8, 4) is 5.75 Å². The van der Waals surface area contributed by atoms with E-state index in [9.17, 15) is 8.42 Å². The van der Waals surface area contributed by atoms with Crippen molar-refractivity contribution >= 4 is 40.0 Å². The standard InChI is InChI=1S/C19H32N4O3S.HI/c1-6-23(7-2)27(24,25)13-12-21-18(20-5)22-16-14-19(3,4)26-17-11-9-8-10-15(16)17;/h8-11,16H,6-7,12-14H2,1-5H3,(H2,20,21,22);1H. The van der Waals surface area contributed by atoms with Gasteiger partial charge in [0.15, 0.2) is 5.96 Å². The molecule has 160 valence electrons. The van der Waals surface area contributed by atoms with Crippen LogP contribution in [0.4, 0.5) is 0 Å². The smallest absolute Gasteiger partial charge is 0.215 e. The second kappa shape index (κ2) is 10.6. The van der Waals surface area contributed by atoms with Gasteiger partial charge in [0.05, 0.1) is 11.8 Å². The third kappa shape index (κ3) is 6.48. The van der Waals surface area contributed by atoms with E-state index in [-0.39, 0.29) is 41.4 Å². The number of fused-ring (bicyclic) bond motifs is 1. The van der Waals surface area contributed by atoms with Gasteiger partial charge >= 0.3 is 0 Å². The molecule has 0 amide bonds. The molecule has 0 aromatic heterocycles. The number of hydrogen-bond donors (Lipinski definition) is 2. The Balaban J connectivity index is 0.00000392. The number of benzene rings is 1. The molecule has 1 aromatic carbocycles. The monoisotopic (exact) mass is 524 g/mol. The summed E-state index contributed by atoms with van der Waals surface area (Å²) in [5, 5.41) is 6.54. The normalized spacial score (nSPS) is 18.6. The number of para-hydroxylation sites is 1. The van der Waals surface area contributed by atoms with Crippen LogP contribution in [0.1, 0.15) is 45.7 Å². The van der Waals surface area contributed by atoms with Crippen LogP contribution in [0.3, 0.4) is 0 Å². The van der Waals surface area contributed by atoms with Crippen molar-refractivity contribution in [3.63, 3.8) is 0 Å². The fourth-order valence-corrected chi connectivity index (χ4v) is 4.74. The fraction of sp³-hybridized carbons (Fsp3) is 0.632. The lowest BCUT2D eigenvalue weighted by atomic mass is 9.90. The van der Waals surface area contributed by atoms with E-state index in [0.29, 0.717) is 25.6 Å². The van der Waals surface area contributed by atoms with Gasteiger partial charge in [-0.15, -0.1) is 24.0 Å². The highest BCUT2D eigenvalue weighted by Crippen LogP contribution is 2.39. The van der Waals surface area contributed by atoms with Crippen LogP contribution in [0.15, 0.2) is 29.3 Å². The molecule has 0 spiro atoms. The third-order valence-electron chi connectivity index (χ3n) is 4.66. The summed E-state index contributed by atoms with van der Waals surface area (Å²) in [4.78, 5) is 4.25. The first-order chi connectivity index (χ1) is 12.7. The average molecular weight is 524 g/mol. The van der Waals surface area contributed by atoms with Crippen molar-refractivity contribution in [2.75, 3.05) is 32.4 Å². The molecule has 7 nitrogen and oxygen atoms in total. The van der Waals surface area contributed by atoms with Crippen molar-refractivity contribution < 1.29 is 13.2 Å². The first-order valence-corrected chi connectivity index (χ1v) is 11.1. The van der Waals surface area contributed by atoms with Crippen LogP contribution in [0, 0.1) is 0 Å². The number of ether oxygens (including phenoxy) is 1. The topological polar surface area (TPSA) is 83.0 Å². The Morgan fingerprint density at radius 3 is 2.54 bits per heavy atom.